The van der Waals surface area contributed by atoms with Gasteiger partial charge >= 0.3 is 11.6 Å². The fourth-order valence-electron chi connectivity index (χ4n) is 2.38. The van der Waals surface area contributed by atoms with Gasteiger partial charge in [-0.15, -0.1) is 0 Å². The smallest absolute Gasteiger partial charge is 0.343 e. The number of hydrogen-bond acceptors (Lipinski definition) is 4. The third-order valence-electron chi connectivity index (χ3n) is 3.79. The van der Waals surface area contributed by atoms with Crippen molar-refractivity contribution in [3.63, 3.8) is 0 Å². The van der Waals surface area contributed by atoms with Crippen LogP contribution in [0.4, 0.5) is 0 Å². The van der Waals surface area contributed by atoms with Gasteiger partial charge in [0.05, 0.1) is 5.56 Å². The summed E-state index contributed by atoms with van der Waals surface area (Å²) in [4.78, 5) is 23.5. The molecule has 1 aromatic heterocycles. The molecule has 0 atom stereocenters. The molecule has 24 heavy (non-hydrogen) atoms. The molecule has 0 bridgehead atoms. The van der Waals surface area contributed by atoms with Gasteiger partial charge in [-0.05, 0) is 41.3 Å². The van der Waals surface area contributed by atoms with E-state index in [0.717, 1.165) is 10.9 Å². The molecule has 0 unspecified atom stereocenters. The first kappa shape index (κ1) is 16.0. The highest BCUT2D eigenvalue weighted by molar-refractivity contribution is 5.91. The lowest BCUT2D eigenvalue weighted by Gasteiger charge is -2.18. The molecule has 0 saturated heterocycles. The van der Waals surface area contributed by atoms with Crippen LogP contribution in [0, 0.1) is 0 Å². The van der Waals surface area contributed by atoms with Gasteiger partial charge in [-0.1, -0.05) is 32.9 Å². The summed E-state index contributed by atoms with van der Waals surface area (Å²) in [6.07, 6.45) is 0. The zero-order valence-corrected chi connectivity index (χ0v) is 13.8. The summed E-state index contributed by atoms with van der Waals surface area (Å²) in [5.74, 6) is -0.116. The van der Waals surface area contributed by atoms with Gasteiger partial charge in [-0.2, -0.15) is 0 Å². The van der Waals surface area contributed by atoms with Crippen LogP contribution in [-0.2, 0) is 5.41 Å². The third-order valence-corrected chi connectivity index (χ3v) is 3.79. The summed E-state index contributed by atoms with van der Waals surface area (Å²) in [5.41, 5.74) is 1.59. The molecule has 0 aliphatic carbocycles. The van der Waals surface area contributed by atoms with E-state index in [2.05, 4.69) is 20.8 Å². The maximum absolute atomic E-state index is 12.3. The Morgan fingerprint density at radius 1 is 0.958 bits per heavy atom. The minimum Gasteiger partial charge on any atom is -0.423 e. The van der Waals surface area contributed by atoms with E-state index in [0.29, 0.717) is 16.9 Å². The van der Waals surface area contributed by atoms with Crippen LogP contribution < -0.4 is 10.4 Å². The van der Waals surface area contributed by atoms with E-state index in [-0.39, 0.29) is 5.41 Å². The lowest BCUT2D eigenvalue weighted by Crippen LogP contribution is -2.12. The van der Waals surface area contributed by atoms with E-state index in [1.807, 2.05) is 12.1 Å². The molecule has 4 nitrogen and oxygen atoms in total. The van der Waals surface area contributed by atoms with Crippen molar-refractivity contribution in [1.82, 2.24) is 0 Å². The maximum atomic E-state index is 12.3. The van der Waals surface area contributed by atoms with Crippen molar-refractivity contribution in [1.29, 1.82) is 0 Å². The average Bonchev–Trinajstić information content (AvgIpc) is 2.53. The van der Waals surface area contributed by atoms with E-state index in [1.54, 1.807) is 30.3 Å². The molecule has 4 heteroatoms. The maximum Gasteiger partial charge on any atom is 0.343 e. The van der Waals surface area contributed by atoms with Crippen LogP contribution in [0.5, 0.6) is 5.75 Å². The third kappa shape index (κ3) is 3.38. The largest absolute Gasteiger partial charge is 0.423 e. The number of rotatable bonds is 2. The van der Waals surface area contributed by atoms with Crippen LogP contribution in [0.1, 0.15) is 36.7 Å². The molecule has 1 heterocycles. The number of carbonyl (C=O) groups is 1. The molecular weight excluding hydrogens is 304 g/mol. The zero-order chi connectivity index (χ0) is 17.3. The van der Waals surface area contributed by atoms with Crippen molar-refractivity contribution in [2.45, 2.75) is 26.2 Å². The molecule has 122 valence electrons. The molecule has 0 saturated carbocycles. The van der Waals surface area contributed by atoms with Gasteiger partial charge in [-0.3, -0.25) is 0 Å². The van der Waals surface area contributed by atoms with Crippen molar-refractivity contribution in [3.8, 4) is 5.75 Å². The second-order valence-electron chi connectivity index (χ2n) is 6.67. The van der Waals surface area contributed by atoms with Crippen LogP contribution in [0.15, 0.2) is 63.8 Å². The standard InChI is InChI=1S/C20H18O4/c1-20(2,3)15-8-4-14(5-9-15)19(22)23-16-10-6-13-7-11-18(21)24-17(13)12-16/h4-12H,1-3H3. The Morgan fingerprint density at radius 3 is 2.29 bits per heavy atom. The number of carbonyl (C=O) groups excluding carboxylic acids is 1. The number of ether oxygens (including phenoxy) is 1. The van der Waals surface area contributed by atoms with Crippen LogP contribution in [0.3, 0.4) is 0 Å². The molecule has 0 amide bonds. The molecule has 0 aliphatic heterocycles. The van der Waals surface area contributed by atoms with E-state index in [1.165, 1.54) is 12.1 Å². The minimum absolute atomic E-state index is 0.0261. The van der Waals surface area contributed by atoms with Gasteiger partial charge in [0.25, 0.3) is 0 Å². The number of benzene rings is 2. The SMILES string of the molecule is CC(C)(C)c1ccc(C(=O)Oc2ccc3ccc(=O)oc3c2)cc1. The Kier molecular flexibility index (Phi) is 3.97. The summed E-state index contributed by atoms with van der Waals surface area (Å²) < 4.78 is 10.5. The first-order chi connectivity index (χ1) is 11.3. The van der Waals surface area contributed by atoms with Crippen LogP contribution in [0.2, 0.25) is 0 Å². The van der Waals surface area contributed by atoms with E-state index < -0.39 is 11.6 Å². The van der Waals surface area contributed by atoms with Gasteiger partial charge in [0, 0.05) is 17.5 Å². The minimum atomic E-state index is -0.451. The number of fused-ring (bicyclic) bond motifs is 1. The highest BCUT2D eigenvalue weighted by Crippen LogP contribution is 2.23. The topological polar surface area (TPSA) is 56.5 Å². The van der Waals surface area contributed by atoms with Crippen molar-refractivity contribution in [2.24, 2.45) is 0 Å². The Labute approximate surface area is 139 Å². The fourth-order valence-corrected chi connectivity index (χ4v) is 2.38. The summed E-state index contributed by atoms with van der Waals surface area (Å²) in [6, 6.07) is 15.3. The second kappa shape index (κ2) is 5.96. The highest BCUT2D eigenvalue weighted by Gasteiger charge is 2.15. The van der Waals surface area contributed by atoms with Crippen molar-refractivity contribution < 1.29 is 13.9 Å². The van der Waals surface area contributed by atoms with Gasteiger partial charge in [-0.25, -0.2) is 9.59 Å². The van der Waals surface area contributed by atoms with E-state index in [4.69, 9.17) is 9.15 Å². The predicted molar refractivity (Wildman–Crippen MR) is 92.6 cm³/mol. The van der Waals surface area contributed by atoms with E-state index in [9.17, 15) is 9.59 Å². The summed E-state index contributed by atoms with van der Waals surface area (Å²) in [7, 11) is 0. The number of hydrogen-bond donors (Lipinski definition) is 0. The molecule has 0 N–H and O–H groups in total. The molecule has 0 fully saturated rings. The van der Waals surface area contributed by atoms with Gasteiger partial charge in [0.1, 0.15) is 11.3 Å². The average molecular weight is 322 g/mol. The Balaban J connectivity index is 1.83. The van der Waals surface area contributed by atoms with Crippen LogP contribution in [-0.4, -0.2) is 5.97 Å². The van der Waals surface area contributed by atoms with Crippen LogP contribution in [0.25, 0.3) is 11.0 Å². The quantitative estimate of drug-likeness (QED) is 0.401. The normalized spacial score (nSPS) is 11.5. The van der Waals surface area contributed by atoms with Crippen molar-refractivity contribution >= 4 is 16.9 Å². The van der Waals surface area contributed by atoms with Crippen LogP contribution >= 0.6 is 0 Å². The molecule has 0 aliphatic rings. The van der Waals surface area contributed by atoms with Gasteiger partial charge in [0.15, 0.2) is 0 Å². The molecule has 3 rings (SSSR count). The Morgan fingerprint density at radius 2 is 1.62 bits per heavy atom. The Hall–Kier alpha value is -2.88. The lowest BCUT2D eigenvalue weighted by atomic mass is 9.87. The second-order valence-corrected chi connectivity index (χ2v) is 6.67. The molecular formula is C20H18O4. The summed E-state index contributed by atoms with van der Waals surface area (Å²) >= 11 is 0. The van der Waals surface area contributed by atoms with Crippen molar-refractivity contribution in [2.75, 3.05) is 0 Å². The fraction of sp³-hybridized carbons (Fsp3) is 0.200. The zero-order valence-electron chi connectivity index (χ0n) is 13.8. The Bertz CT molecular complexity index is 944. The molecule has 0 radical (unpaired) electrons. The number of esters is 1. The van der Waals surface area contributed by atoms with Gasteiger partial charge in [0.2, 0.25) is 0 Å². The van der Waals surface area contributed by atoms with Crippen molar-refractivity contribution in [3.05, 3.63) is 76.1 Å². The molecule has 3 aromatic rings. The molecule has 2 aromatic carbocycles. The first-order valence-electron chi connectivity index (χ1n) is 7.69. The monoisotopic (exact) mass is 322 g/mol. The summed E-state index contributed by atoms with van der Waals surface area (Å²) in [6.45, 7) is 6.34. The summed E-state index contributed by atoms with van der Waals surface area (Å²) in [5, 5.41) is 0.768. The van der Waals surface area contributed by atoms with E-state index >= 15 is 0 Å². The first-order valence-corrected chi connectivity index (χ1v) is 7.69. The van der Waals surface area contributed by atoms with Gasteiger partial charge < -0.3 is 9.15 Å². The molecule has 0 spiro atoms. The lowest BCUT2D eigenvalue weighted by molar-refractivity contribution is 0.0735. The predicted octanol–water partition coefficient (Wildman–Crippen LogP) is 4.31. The highest BCUT2D eigenvalue weighted by atomic mass is 16.5.